The fraction of sp³-hybridized carbons (Fsp3) is 0.105. The van der Waals surface area contributed by atoms with Crippen molar-refractivity contribution in [2.45, 2.75) is 6.92 Å². The Kier molecular flexibility index (Phi) is 4.63. The summed E-state index contributed by atoms with van der Waals surface area (Å²) in [6.45, 7) is 1.26. The normalized spacial score (nSPS) is 10.8. The van der Waals surface area contributed by atoms with Crippen molar-refractivity contribution < 1.29 is 18.6 Å². The first-order valence-corrected chi connectivity index (χ1v) is 8.34. The van der Waals surface area contributed by atoms with E-state index in [0.29, 0.717) is 5.69 Å². The Hall–Kier alpha value is -3.88. The van der Waals surface area contributed by atoms with Crippen LogP contribution in [0.5, 0.6) is 5.88 Å². The molecule has 2 aromatic heterocycles. The molecular weight excluding hydrogens is 365 g/mol. The lowest BCUT2D eigenvalue weighted by Gasteiger charge is -2.11. The summed E-state index contributed by atoms with van der Waals surface area (Å²) >= 11 is 0. The van der Waals surface area contributed by atoms with Crippen LogP contribution in [0.3, 0.4) is 0 Å². The number of ether oxygens (including phenoxy) is 1. The first-order chi connectivity index (χ1) is 13.6. The molecule has 0 aliphatic heterocycles. The molecule has 0 unspecified atom stereocenters. The maximum Gasteiger partial charge on any atom is 0.260 e. The average molecular weight is 379 g/mol. The fourth-order valence-electron chi connectivity index (χ4n) is 2.50. The Balaban J connectivity index is 1.60. The van der Waals surface area contributed by atoms with Gasteiger partial charge in [-0.1, -0.05) is 24.3 Å². The maximum absolute atomic E-state index is 13.1. The first kappa shape index (κ1) is 17.5. The maximum atomic E-state index is 13.1. The fourth-order valence-corrected chi connectivity index (χ4v) is 2.50. The van der Waals surface area contributed by atoms with Gasteiger partial charge < -0.3 is 10.1 Å². The van der Waals surface area contributed by atoms with Gasteiger partial charge in [0.25, 0.3) is 5.88 Å². The number of fused-ring (bicyclic) bond motifs is 1. The van der Waals surface area contributed by atoms with Crippen LogP contribution in [0, 0.1) is 5.82 Å². The molecule has 0 amide bonds. The number of aromatic nitrogens is 4. The van der Waals surface area contributed by atoms with Crippen LogP contribution in [0.1, 0.15) is 6.92 Å². The van der Waals surface area contributed by atoms with E-state index < -0.39 is 0 Å². The van der Waals surface area contributed by atoms with Gasteiger partial charge in [0.15, 0.2) is 11.6 Å². The molecule has 140 valence electrons. The number of Topliss-reactive ketones (excluding diaryl/α,β-unsaturated/α-hetero) is 1. The Morgan fingerprint density at radius 1 is 1.00 bits per heavy atom. The molecule has 8 nitrogen and oxygen atoms in total. The van der Waals surface area contributed by atoms with Crippen LogP contribution >= 0.6 is 0 Å². The number of hydrogen-bond donors (Lipinski definition) is 1. The van der Waals surface area contributed by atoms with Crippen molar-refractivity contribution in [3.8, 4) is 17.0 Å². The zero-order valence-corrected chi connectivity index (χ0v) is 14.7. The largest absolute Gasteiger partial charge is 0.467 e. The van der Waals surface area contributed by atoms with Crippen molar-refractivity contribution in [1.29, 1.82) is 0 Å². The number of nitrogens with zero attached hydrogens (tertiary/aromatic N) is 4. The number of benzene rings is 2. The quantitative estimate of drug-likeness (QED) is 0.543. The van der Waals surface area contributed by atoms with Gasteiger partial charge in [-0.25, -0.2) is 9.02 Å². The number of carbonyl (C=O) groups is 1. The van der Waals surface area contributed by atoms with Crippen molar-refractivity contribution >= 4 is 28.6 Å². The minimum absolute atomic E-state index is 0.112. The van der Waals surface area contributed by atoms with Gasteiger partial charge in [-0.15, -0.1) is 0 Å². The van der Waals surface area contributed by atoms with Gasteiger partial charge in [0.2, 0.25) is 11.3 Å². The van der Waals surface area contributed by atoms with E-state index in [9.17, 15) is 9.18 Å². The number of rotatable bonds is 6. The molecule has 0 atom stereocenters. The average Bonchev–Trinajstić information content (AvgIpc) is 3.14. The van der Waals surface area contributed by atoms with Crippen LogP contribution in [0.15, 0.2) is 53.2 Å². The van der Waals surface area contributed by atoms with Gasteiger partial charge in [0.1, 0.15) is 12.4 Å². The van der Waals surface area contributed by atoms with Crippen molar-refractivity contribution in [2.75, 3.05) is 11.9 Å². The van der Waals surface area contributed by atoms with Gasteiger partial charge in [0, 0.05) is 5.69 Å². The molecule has 0 radical (unpaired) electrons. The van der Waals surface area contributed by atoms with Gasteiger partial charge in [0.05, 0.1) is 0 Å². The second-order valence-corrected chi connectivity index (χ2v) is 5.99. The minimum Gasteiger partial charge on any atom is -0.467 e. The highest BCUT2D eigenvalue weighted by atomic mass is 19.1. The Bertz CT molecular complexity index is 1130. The molecule has 0 bridgehead atoms. The standard InChI is InChI=1S/C19H14FN5O3/c1-11(26)10-27-19-18(22-16-17(23-19)25-28-24-16)21-15-8-4-13(5-9-15)12-2-6-14(20)7-3-12/h2-9H,10H2,1H3,(H,21,22,24). The highest BCUT2D eigenvalue weighted by Gasteiger charge is 2.15. The van der Waals surface area contributed by atoms with Crippen molar-refractivity contribution in [3.63, 3.8) is 0 Å². The summed E-state index contributed by atoms with van der Waals surface area (Å²) < 4.78 is 23.1. The molecule has 1 N–H and O–H groups in total. The second kappa shape index (κ2) is 7.39. The molecule has 0 saturated carbocycles. The third-order valence-corrected chi connectivity index (χ3v) is 3.82. The van der Waals surface area contributed by atoms with E-state index in [0.717, 1.165) is 11.1 Å². The summed E-state index contributed by atoms with van der Waals surface area (Å²) in [6, 6.07) is 13.7. The second-order valence-electron chi connectivity index (χ2n) is 5.99. The highest BCUT2D eigenvalue weighted by Crippen LogP contribution is 2.27. The van der Waals surface area contributed by atoms with Crippen LogP contribution < -0.4 is 10.1 Å². The SMILES string of the molecule is CC(=O)COc1nc2nonc2nc1Nc1ccc(-c2ccc(F)cc2)cc1. The van der Waals surface area contributed by atoms with Crippen molar-refractivity contribution in [3.05, 3.63) is 54.3 Å². The van der Waals surface area contributed by atoms with Gasteiger partial charge in [-0.2, -0.15) is 9.97 Å². The molecule has 0 aliphatic carbocycles. The zero-order valence-electron chi connectivity index (χ0n) is 14.7. The van der Waals surface area contributed by atoms with Crippen LogP contribution in [0.2, 0.25) is 0 Å². The lowest BCUT2D eigenvalue weighted by Crippen LogP contribution is -2.10. The van der Waals surface area contributed by atoms with E-state index in [2.05, 4.69) is 30.2 Å². The molecule has 4 rings (SSSR count). The molecule has 0 fully saturated rings. The van der Waals surface area contributed by atoms with Crippen LogP contribution in [-0.2, 0) is 4.79 Å². The van der Waals surface area contributed by atoms with Gasteiger partial charge in [-0.3, -0.25) is 4.79 Å². The number of hydrogen-bond acceptors (Lipinski definition) is 8. The predicted molar refractivity (Wildman–Crippen MR) is 98.7 cm³/mol. The van der Waals surface area contributed by atoms with E-state index in [1.54, 1.807) is 12.1 Å². The van der Waals surface area contributed by atoms with Crippen LogP contribution in [0.4, 0.5) is 15.9 Å². The number of carbonyl (C=O) groups excluding carboxylic acids is 1. The molecule has 9 heteroatoms. The molecule has 2 aromatic carbocycles. The minimum atomic E-state index is -0.281. The number of anilines is 2. The lowest BCUT2D eigenvalue weighted by atomic mass is 10.1. The van der Waals surface area contributed by atoms with E-state index in [1.165, 1.54) is 19.1 Å². The Labute approximate surface area is 158 Å². The molecular formula is C19H14FN5O3. The molecule has 0 aliphatic rings. The molecule has 0 spiro atoms. The van der Waals surface area contributed by atoms with Gasteiger partial charge >= 0.3 is 0 Å². The highest BCUT2D eigenvalue weighted by molar-refractivity contribution is 5.78. The third kappa shape index (κ3) is 3.78. The first-order valence-electron chi connectivity index (χ1n) is 8.34. The predicted octanol–water partition coefficient (Wildman–Crippen LogP) is 3.53. The smallest absolute Gasteiger partial charge is 0.260 e. The van der Waals surface area contributed by atoms with Crippen LogP contribution in [0.25, 0.3) is 22.4 Å². The summed E-state index contributed by atoms with van der Waals surface area (Å²) in [5.41, 5.74) is 2.93. The lowest BCUT2D eigenvalue weighted by molar-refractivity contribution is -0.118. The number of ketones is 1. The monoisotopic (exact) mass is 379 g/mol. The Morgan fingerprint density at radius 3 is 2.25 bits per heavy atom. The third-order valence-electron chi connectivity index (χ3n) is 3.82. The van der Waals surface area contributed by atoms with E-state index in [1.807, 2.05) is 24.3 Å². The topological polar surface area (TPSA) is 103 Å². The molecule has 0 saturated heterocycles. The summed E-state index contributed by atoms with van der Waals surface area (Å²) in [5, 5.41) is 10.4. The van der Waals surface area contributed by atoms with Crippen molar-refractivity contribution in [1.82, 2.24) is 20.3 Å². The van der Waals surface area contributed by atoms with E-state index in [-0.39, 0.29) is 41.2 Å². The Morgan fingerprint density at radius 2 is 1.61 bits per heavy atom. The molecule has 2 heterocycles. The van der Waals surface area contributed by atoms with Crippen molar-refractivity contribution in [2.24, 2.45) is 0 Å². The number of nitrogens with one attached hydrogen (secondary N) is 1. The number of halogens is 1. The zero-order chi connectivity index (χ0) is 19.5. The summed E-state index contributed by atoms with van der Waals surface area (Å²) in [6.07, 6.45) is 0. The molecule has 28 heavy (non-hydrogen) atoms. The van der Waals surface area contributed by atoms with E-state index in [4.69, 9.17) is 4.74 Å². The van der Waals surface area contributed by atoms with Crippen LogP contribution in [-0.4, -0.2) is 32.7 Å². The summed E-state index contributed by atoms with van der Waals surface area (Å²) in [4.78, 5) is 19.7. The van der Waals surface area contributed by atoms with E-state index >= 15 is 0 Å². The summed E-state index contributed by atoms with van der Waals surface area (Å²) in [5.74, 6) is -0.0498. The summed E-state index contributed by atoms with van der Waals surface area (Å²) in [7, 11) is 0. The van der Waals surface area contributed by atoms with Gasteiger partial charge in [-0.05, 0) is 52.6 Å². The molecule has 4 aromatic rings.